The summed E-state index contributed by atoms with van der Waals surface area (Å²) in [5.41, 5.74) is 1.24. The van der Waals surface area contributed by atoms with Gasteiger partial charge in [-0.1, -0.05) is 18.2 Å². The fourth-order valence-electron chi connectivity index (χ4n) is 1.81. The van der Waals surface area contributed by atoms with Gasteiger partial charge in [-0.15, -0.1) is 0 Å². The molecule has 0 bridgehead atoms. The highest BCUT2D eigenvalue weighted by atomic mass is 79.9. The molecule has 0 atom stereocenters. The Morgan fingerprint density at radius 2 is 1.69 bits per heavy atom. The van der Waals surface area contributed by atoms with Crippen molar-refractivity contribution in [2.24, 2.45) is 0 Å². The molecule has 0 aliphatic heterocycles. The normalized spacial score (nSPS) is 11.1. The molecular formula is C13H7BrO2. The monoisotopic (exact) mass is 274 g/mol. The van der Waals surface area contributed by atoms with Gasteiger partial charge >= 0.3 is 0 Å². The molecule has 0 radical (unpaired) electrons. The summed E-state index contributed by atoms with van der Waals surface area (Å²) in [7, 11) is 0. The second-order valence-electron chi connectivity index (χ2n) is 3.54. The third kappa shape index (κ3) is 1.28. The zero-order chi connectivity index (χ0) is 11.1. The molecule has 3 aromatic rings. The van der Waals surface area contributed by atoms with E-state index in [2.05, 4.69) is 15.9 Å². The first-order chi connectivity index (χ1) is 7.77. The molecule has 16 heavy (non-hydrogen) atoms. The highest BCUT2D eigenvalue weighted by Crippen LogP contribution is 2.24. The fourth-order valence-corrected chi connectivity index (χ4v) is 2.33. The summed E-state index contributed by atoms with van der Waals surface area (Å²) in [6.45, 7) is 0. The second kappa shape index (κ2) is 3.46. The lowest BCUT2D eigenvalue weighted by atomic mass is 10.1. The number of rotatable bonds is 0. The van der Waals surface area contributed by atoms with Crippen LogP contribution in [0.3, 0.4) is 0 Å². The van der Waals surface area contributed by atoms with E-state index in [1.807, 2.05) is 24.3 Å². The van der Waals surface area contributed by atoms with Crippen molar-refractivity contribution in [2.45, 2.75) is 0 Å². The molecule has 1 heterocycles. The summed E-state index contributed by atoms with van der Waals surface area (Å²) >= 11 is 3.37. The van der Waals surface area contributed by atoms with Crippen LogP contribution in [0.5, 0.6) is 0 Å². The molecule has 78 valence electrons. The lowest BCUT2D eigenvalue weighted by Crippen LogP contribution is -2.02. The van der Waals surface area contributed by atoms with Crippen molar-refractivity contribution in [3.8, 4) is 0 Å². The number of benzene rings is 2. The Balaban J connectivity index is 2.67. The Hall–Kier alpha value is -1.61. The van der Waals surface area contributed by atoms with Gasteiger partial charge in [0.25, 0.3) is 0 Å². The smallest absolute Gasteiger partial charge is 0.201 e. The number of fused-ring (bicyclic) bond motifs is 2. The van der Waals surface area contributed by atoms with Gasteiger partial charge in [0.15, 0.2) is 0 Å². The van der Waals surface area contributed by atoms with Gasteiger partial charge in [0, 0.05) is 4.47 Å². The average Bonchev–Trinajstić information content (AvgIpc) is 2.29. The second-order valence-corrected chi connectivity index (χ2v) is 4.39. The maximum absolute atomic E-state index is 12.2. The van der Waals surface area contributed by atoms with Gasteiger partial charge in [-0.25, -0.2) is 0 Å². The molecule has 1 aromatic heterocycles. The molecule has 0 unspecified atom stereocenters. The molecule has 0 saturated heterocycles. The van der Waals surface area contributed by atoms with Crippen molar-refractivity contribution in [3.63, 3.8) is 0 Å². The molecule has 0 spiro atoms. The van der Waals surface area contributed by atoms with Crippen LogP contribution < -0.4 is 5.43 Å². The minimum atomic E-state index is 0.00400. The molecule has 0 fully saturated rings. The SMILES string of the molecule is O=c1c2ccccc2oc2cccc(Br)c12. The van der Waals surface area contributed by atoms with Gasteiger partial charge in [-0.05, 0) is 40.2 Å². The van der Waals surface area contributed by atoms with E-state index in [0.29, 0.717) is 21.9 Å². The van der Waals surface area contributed by atoms with Gasteiger partial charge in [0.2, 0.25) is 5.43 Å². The number of halogens is 1. The summed E-state index contributed by atoms with van der Waals surface area (Å²) < 4.78 is 6.45. The van der Waals surface area contributed by atoms with Crippen LogP contribution in [-0.4, -0.2) is 0 Å². The van der Waals surface area contributed by atoms with E-state index in [4.69, 9.17) is 4.42 Å². The first kappa shape index (κ1) is 9.60. The summed E-state index contributed by atoms with van der Waals surface area (Å²) in [4.78, 5) is 12.2. The molecular weight excluding hydrogens is 268 g/mol. The summed E-state index contributed by atoms with van der Waals surface area (Å²) in [5, 5.41) is 1.21. The Labute approximate surface area is 99.6 Å². The van der Waals surface area contributed by atoms with Crippen molar-refractivity contribution in [1.82, 2.24) is 0 Å². The van der Waals surface area contributed by atoms with Gasteiger partial charge in [0.05, 0.1) is 10.8 Å². The third-order valence-corrected chi connectivity index (χ3v) is 3.21. The number of para-hydroxylation sites is 1. The quantitative estimate of drug-likeness (QED) is 0.585. The molecule has 0 saturated carbocycles. The van der Waals surface area contributed by atoms with Crippen molar-refractivity contribution >= 4 is 37.9 Å². The standard InChI is InChI=1S/C13H7BrO2/c14-9-5-3-7-11-12(9)13(15)8-4-1-2-6-10(8)16-11/h1-7H. The molecule has 2 nitrogen and oxygen atoms in total. The molecule has 0 N–H and O–H groups in total. The van der Waals surface area contributed by atoms with Crippen molar-refractivity contribution in [2.75, 3.05) is 0 Å². The van der Waals surface area contributed by atoms with Crippen LogP contribution in [-0.2, 0) is 0 Å². The van der Waals surface area contributed by atoms with E-state index in [1.165, 1.54) is 0 Å². The highest BCUT2D eigenvalue weighted by Gasteiger charge is 2.08. The van der Waals surface area contributed by atoms with E-state index in [-0.39, 0.29) is 5.43 Å². The number of hydrogen-bond acceptors (Lipinski definition) is 2. The van der Waals surface area contributed by atoms with Crippen LogP contribution in [0.1, 0.15) is 0 Å². The van der Waals surface area contributed by atoms with E-state index in [0.717, 1.165) is 4.47 Å². The zero-order valence-electron chi connectivity index (χ0n) is 8.24. The van der Waals surface area contributed by atoms with E-state index in [9.17, 15) is 4.79 Å². The Morgan fingerprint density at radius 1 is 0.938 bits per heavy atom. The predicted molar refractivity (Wildman–Crippen MR) is 67.7 cm³/mol. The van der Waals surface area contributed by atoms with E-state index < -0.39 is 0 Å². The molecule has 0 aliphatic carbocycles. The maximum atomic E-state index is 12.2. The van der Waals surface area contributed by atoms with Crippen molar-refractivity contribution in [3.05, 3.63) is 57.2 Å². The molecule has 3 rings (SSSR count). The Bertz CT molecular complexity index is 744. The Kier molecular flexibility index (Phi) is 2.07. The van der Waals surface area contributed by atoms with Crippen LogP contribution in [0.25, 0.3) is 21.9 Å². The minimum Gasteiger partial charge on any atom is -0.456 e. The van der Waals surface area contributed by atoms with Crippen molar-refractivity contribution in [1.29, 1.82) is 0 Å². The van der Waals surface area contributed by atoms with Crippen molar-refractivity contribution < 1.29 is 4.42 Å². The molecule has 2 aromatic carbocycles. The zero-order valence-corrected chi connectivity index (χ0v) is 9.82. The van der Waals surface area contributed by atoms with Crippen LogP contribution in [0.2, 0.25) is 0 Å². The van der Waals surface area contributed by atoms with Gasteiger partial charge in [0.1, 0.15) is 11.2 Å². The first-order valence-corrected chi connectivity index (χ1v) is 5.67. The highest BCUT2D eigenvalue weighted by molar-refractivity contribution is 9.10. The Morgan fingerprint density at radius 3 is 2.56 bits per heavy atom. The lowest BCUT2D eigenvalue weighted by molar-refractivity contribution is 0.660. The maximum Gasteiger partial charge on any atom is 0.201 e. The average molecular weight is 275 g/mol. The van der Waals surface area contributed by atoms with Crippen LogP contribution >= 0.6 is 15.9 Å². The molecule has 3 heteroatoms. The minimum absolute atomic E-state index is 0.00400. The van der Waals surface area contributed by atoms with Crippen LogP contribution in [0.15, 0.2) is 56.1 Å². The van der Waals surface area contributed by atoms with Crippen LogP contribution in [0, 0.1) is 0 Å². The summed E-state index contributed by atoms with van der Waals surface area (Å²) in [6, 6.07) is 12.8. The van der Waals surface area contributed by atoms with Gasteiger partial charge < -0.3 is 4.42 Å². The first-order valence-electron chi connectivity index (χ1n) is 4.87. The summed E-state index contributed by atoms with van der Waals surface area (Å²) in [5.74, 6) is 0. The molecule has 0 aliphatic rings. The molecule has 0 amide bonds. The largest absolute Gasteiger partial charge is 0.456 e. The topological polar surface area (TPSA) is 30.2 Å². The number of hydrogen-bond donors (Lipinski definition) is 0. The predicted octanol–water partition coefficient (Wildman–Crippen LogP) is 3.71. The van der Waals surface area contributed by atoms with Gasteiger partial charge in [-0.2, -0.15) is 0 Å². The van der Waals surface area contributed by atoms with Crippen LogP contribution in [0.4, 0.5) is 0 Å². The van der Waals surface area contributed by atoms with E-state index in [1.54, 1.807) is 18.2 Å². The van der Waals surface area contributed by atoms with E-state index >= 15 is 0 Å². The third-order valence-electron chi connectivity index (χ3n) is 2.55. The lowest BCUT2D eigenvalue weighted by Gasteiger charge is -2.01. The van der Waals surface area contributed by atoms with Gasteiger partial charge in [-0.3, -0.25) is 4.79 Å². The fraction of sp³-hybridized carbons (Fsp3) is 0. The summed E-state index contributed by atoms with van der Waals surface area (Å²) in [6.07, 6.45) is 0.